The van der Waals surface area contributed by atoms with E-state index < -0.39 is 0 Å². The number of amides is 1. The van der Waals surface area contributed by atoms with E-state index in [1.54, 1.807) is 43.6 Å². The predicted octanol–water partition coefficient (Wildman–Crippen LogP) is 1.27. The Hall–Kier alpha value is -2.47. The lowest BCUT2D eigenvalue weighted by Gasteiger charge is -2.06. The smallest absolute Gasteiger partial charge is 0.255 e. The fraction of sp³-hybridized carbons (Fsp3) is 0.0714. The van der Waals surface area contributed by atoms with Crippen molar-refractivity contribution in [1.29, 1.82) is 0 Å². The van der Waals surface area contributed by atoms with Gasteiger partial charge in [0, 0.05) is 36.1 Å². The molecule has 0 bridgehead atoms. The number of rotatable bonds is 3. The van der Waals surface area contributed by atoms with E-state index in [2.05, 4.69) is 5.32 Å². The van der Waals surface area contributed by atoms with Crippen LogP contribution in [0.1, 0.15) is 15.9 Å². The van der Waals surface area contributed by atoms with Crippen LogP contribution in [0.3, 0.4) is 0 Å². The van der Waals surface area contributed by atoms with Gasteiger partial charge in [-0.2, -0.15) is 0 Å². The average molecular weight is 287 g/mol. The Morgan fingerprint density at radius 2 is 1.85 bits per heavy atom. The number of thiocarbonyl (C=S) groups is 1. The molecule has 2 rings (SSSR count). The number of aromatic nitrogens is 1. The number of anilines is 1. The van der Waals surface area contributed by atoms with Crippen LogP contribution in [0.15, 0.2) is 47.4 Å². The van der Waals surface area contributed by atoms with Gasteiger partial charge in [0.2, 0.25) is 0 Å². The van der Waals surface area contributed by atoms with Crippen LogP contribution in [0.2, 0.25) is 0 Å². The molecule has 1 aromatic heterocycles. The highest BCUT2D eigenvalue weighted by Crippen LogP contribution is 2.11. The van der Waals surface area contributed by atoms with Gasteiger partial charge in [-0.15, -0.1) is 0 Å². The zero-order chi connectivity index (χ0) is 14.7. The van der Waals surface area contributed by atoms with Crippen LogP contribution in [0, 0.1) is 0 Å². The van der Waals surface area contributed by atoms with Gasteiger partial charge in [0.05, 0.1) is 0 Å². The van der Waals surface area contributed by atoms with Crippen molar-refractivity contribution >= 4 is 28.8 Å². The maximum atomic E-state index is 12.0. The monoisotopic (exact) mass is 287 g/mol. The zero-order valence-corrected chi connectivity index (χ0v) is 11.6. The molecule has 3 N–H and O–H groups in total. The fourth-order valence-corrected chi connectivity index (χ4v) is 1.75. The maximum Gasteiger partial charge on any atom is 0.255 e. The Bertz CT molecular complexity index is 720. The third-order valence-electron chi connectivity index (χ3n) is 2.79. The summed E-state index contributed by atoms with van der Waals surface area (Å²) >= 11 is 4.85. The molecule has 6 heteroatoms. The lowest BCUT2D eigenvalue weighted by molar-refractivity contribution is 0.102. The number of aryl methyl sites for hydroxylation is 1. The molecule has 0 fully saturated rings. The molecule has 0 saturated carbocycles. The first-order valence-electron chi connectivity index (χ1n) is 5.85. The van der Waals surface area contributed by atoms with Gasteiger partial charge >= 0.3 is 0 Å². The summed E-state index contributed by atoms with van der Waals surface area (Å²) in [6.45, 7) is 0. The molecule has 0 spiro atoms. The number of nitrogens with one attached hydrogen (secondary N) is 1. The molecule has 0 aliphatic rings. The van der Waals surface area contributed by atoms with Crippen LogP contribution in [0.5, 0.6) is 0 Å². The van der Waals surface area contributed by atoms with E-state index in [-0.39, 0.29) is 11.5 Å². The summed E-state index contributed by atoms with van der Waals surface area (Å²) in [6.07, 6.45) is 1.55. The van der Waals surface area contributed by atoms with Gasteiger partial charge in [-0.25, -0.2) is 0 Å². The molecule has 0 unspecified atom stereocenters. The van der Waals surface area contributed by atoms with E-state index in [9.17, 15) is 9.59 Å². The van der Waals surface area contributed by atoms with Gasteiger partial charge in [0.15, 0.2) is 0 Å². The van der Waals surface area contributed by atoms with Crippen LogP contribution in [-0.4, -0.2) is 15.5 Å². The molecule has 1 heterocycles. The molecule has 0 aliphatic heterocycles. The van der Waals surface area contributed by atoms with Crippen LogP contribution >= 0.6 is 12.2 Å². The van der Waals surface area contributed by atoms with Crippen LogP contribution in [-0.2, 0) is 7.05 Å². The van der Waals surface area contributed by atoms with Crippen LogP contribution in [0.25, 0.3) is 0 Å². The summed E-state index contributed by atoms with van der Waals surface area (Å²) < 4.78 is 1.40. The minimum Gasteiger partial charge on any atom is -0.389 e. The number of carbonyl (C=O) groups is 1. The van der Waals surface area contributed by atoms with Crippen molar-refractivity contribution in [3.8, 4) is 0 Å². The van der Waals surface area contributed by atoms with Gasteiger partial charge in [0.1, 0.15) is 4.99 Å². The Morgan fingerprint density at radius 1 is 1.20 bits per heavy atom. The average Bonchev–Trinajstić information content (AvgIpc) is 2.42. The van der Waals surface area contributed by atoms with Crippen molar-refractivity contribution in [1.82, 2.24) is 4.57 Å². The highest BCUT2D eigenvalue weighted by molar-refractivity contribution is 7.80. The van der Waals surface area contributed by atoms with Crippen molar-refractivity contribution in [2.45, 2.75) is 0 Å². The van der Waals surface area contributed by atoms with Crippen molar-refractivity contribution in [3.05, 3.63) is 64.1 Å². The molecule has 0 saturated heterocycles. The standard InChI is InChI=1S/C14H13N3O2S/c1-17-7-6-10(8-12(17)18)14(19)16-11-4-2-9(3-5-11)13(15)20/h2-8H,1H3,(H2,15,20)(H,16,19). The normalized spacial score (nSPS) is 10.1. The second-order valence-electron chi connectivity index (χ2n) is 4.26. The number of nitrogens with zero attached hydrogens (tertiary/aromatic N) is 1. The van der Waals surface area contributed by atoms with Crippen molar-refractivity contribution in [2.24, 2.45) is 12.8 Å². The number of benzene rings is 1. The SMILES string of the molecule is Cn1ccc(C(=O)Nc2ccc(C(N)=S)cc2)cc1=O. The molecule has 5 nitrogen and oxygen atoms in total. The number of nitrogens with two attached hydrogens (primary N) is 1. The molecular weight excluding hydrogens is 274 g/mol. The van der Waals surface area contributed by atoms with E-state index in [0.29, 0.717) is 16.2 Å². The van der Waals surface area contributed by atoms with Crippen molar-refractivity contribution < 1.29 is 4.79 Å². The van der Waals surface area contributed by atoms with Gasteiger partial charge in [-0.3, -0.25) is 9.59 Å². The second kappa shape index (κ2) is 5.66. The van der Waals surface area contributed by atoms with Crippen LogP contribution in [0.4, 0.5) is 5.69 Å². The lowest BCUT2D eigenvalue weighted by atomic mass is 10.2. The van der Waals surface area contributed by atoms with Crippen molar-refractivity contribution in [2.75, 3.05) is 5.32 Å². The largest absolute Gasteiger partial charge is 0.389 e. The first-order valence-corrected chi connectivity index (χ1v) is 6.26. The van der Waals surface area contributed by atoms with E-state index in [1.807, 2.05) is 0 Å². The Balaban J connectivity index is 2.16. The molecule has 0 atom stereocenters. The molecule has 20 heavy (non-hydrogen) atoms. The predicted molar refractivity (Wildman–Crippen MR) is 82.0 cm³/mol. The maximum absolute atomic E-state index is 12.0. The first-order chi connectivity index (χ1) is 9.47. The molecular formula is C14H13N3O2S. The van der Waals surface area contributed by atoms with E-state index in [0.717, 1.165) is 5.56 Å². The summed E-state index contributed by atoms with van der Waals surface area (Å²) in [5.74, 6) is -0.342. The summed E-state index contributed by atoms with van der Waals surface area (Å²) in [6, 6.07) is 9.73. The lowest BCUT2D eigenvalue weighted by Crippen LogP contribution is -2.20. The third-order valence-corrected chi connectivity index (χ3v) is 3.03. The fourth-order valence-electron chi connectivity index (χ4n) is 1.61. The summed E-state index contributed by atoms with van der Waals surface area (Å²) in [7, 11) is 1.62. The molecule has 0 radical (unpaired) electrons. The van der Waals surface area contributed by atoms with Gasteiger partial charge in [0.25, 0.3) is 11.5 Å². The van der Waals surface area contributed by atoms with Crippen LogP contribution < -0.4 is 16.6 Å². The van der Waals surface area contributed by atoms with Gasteiger partial charge < -0.3 is 15.6 Å². The minimum atomic E-state index is -0.342. The minimum absolute atomic E-state index is 0.235. The zero-order valence-electron chi connectivity index (χ0n) is 10.8. The van der Waals surface area contributed by atoms with Crippen molar-refractivity contribution in [3.63, 3.8) is 0 Å². The topological polar surface area (TPSA) is 77.1 Å². The Kier molecular flexibility index (Phi) is 3.95. The summed E-state index contributed by atoms with van der Waals surface area (Å²) in [4.78, 5) is 23.8. The molecule has 1 amide bonds. The number of hydrogen-bond acceptors (Lipinski definition) is 3. The molecule has 0 aliphatic carbocycles. The highest BCUT2D eigenvalue weighted by atomic mass is 32.1. The molecule has 1 aromatic carbocycles. The van der Waals surface area contributed by atoms with E-state index in [4.69, 9.17) is 18.0 Å². The quantitative estimate of drug-likeness (QED) is 0.834. The summed E-state index contributed by atoms with van der Waals surface area (Å²) in [5, 5.41) is 2.70. The number of carbonyl (C=O) groups excluding carboxylic acids is 1. The highest BCUT2D eigenvalue weighted by Gasteiger charge is 2.07. The third kappa shape index (κ3) is 3.10. The summed E-state index contributed by atoms with van der Waals surface area (Å²) in [5.41, 5.74) is 6.91. The molecule has 102 valence electrons. The Labute approximate surface area is 121 Å². The number of hydrogen-bond donors (Lipinski definition) is 2. The van der Waals surface area contributed by atoms with E-state index in [1.165, 1.54) is 10.6 Å². The van der Waals surface area contributed by atoms with Gasteiger partial charge in [-0.1, -0.05) is 12.2 Å². The van der Waals surface area contributed by atoms with Gasteiger partial charge in [-0.05, 0) is 30.3 Å². The Morgan fingerprint density at radius 3 is 2.40 bits per heavy atom. The van der Waals surface area contributed by atoms with E-state index >= 15 is 0 Å². The number of pyridine rings is 1. The molecule has 2 aromatic rings. The second-order valence-corrected chi connectivity index (χ2v) is 4.70. The first kappa shape index (κ1) is 14.0.